The molecule has 0 aromatic heterocycles. The van der Waals surface area contributed by atoms with Crippen LogP contribution in [0.5, 0.6) is 0 Å². The van der Waals surface area contributed by atoms with Crippen LogP contribution in [0.4, 0.5) is 4.39 Å². The molecule has 5 heteroatoms. The van der Waals surface area contributed by atoms with E-state index in [2.05, 4.69) is 0 Å². The minimum atomic E-state index is -0.374. The van der Waals surface area contributed by atoms with Crippen LogP contribution in [0.1, 0.15) is 24.8 Å². The second-order valence-corrected chi connectivity index (χ2v) is 5.54. The standard InChI is InChI=1S/C14H18ClFN2O/c1-18(14(19)11-3-2-4-13(11)17)8-9-5-6-10(16)7-12(9)15/h5-7,11,13H,2-4,8,17H2,1H3/t11-,13-/m0/s1. The number of nitrogens with zero attached hydrogens (tertiary/aromatic N) is 1. The smallest absolute Gasteiger partial charge is 0.227 e. The topological polar surface area (TPSA) is 46.3 Å². The summed E-state index contributed by atoms with van der Waals surface area (Å²) in [6, 6.07) is 4.17. The molecule has 0 heterocycles. The van der Waals surface area contributed by atoms with E-state index in [1.54, 1.807) is 18.0 Å². The van der Waals surface area contributed by atoms with Gasteiger partial charge in [0.05, 0.1) is 5.92 Å². The molecular formula is C14H18ClFN2O. The maximum absolute atomic E-state index is 13.0. The highest BCUT2D eigenvalue weighted by Gasteiger charge is 2.32. The zero-order valence-electron chi connectivity index (χ0n) is 10.9. The summed E-state index contributed by atoms with van der Waals surface area (Å²) < 4.78 is 13.0. The molecule has 3 nitrogen and oxygen atoms in total. The average molecular weight is 285 g/mol. The van der Waals surface area contributed by atoms with Crippen molar-refractivity contribution < 1.29 is 9.18 Å². The van der Waals surface area contributed by atoms with Crippen molar-refractivity contribution in [3.63, 3.8) is 0 Å². The van der Waals surface area contributed by atoms with E-state index in [4.69, 9.17) is 17.3 Å². The maximum Gasteiger partial charge on any atom is 0.227 e. The molecule has 2 atom stereocenters. The van der Waals surface area contributed by atoms with Crippen LogP contribution in [0.15, 0.2) is 18.2 Å². The van der Waals surface area contributed by atoms with Crippen LogP contribution in [0.3, 0.4) is 0 Å². The van der Waals surface area contributed by atoms with Crippen LogP contribution in [0.25, 0.3) is 0 Å². The highest BCUT2D eigenvalue weighted by atomic mass is 35.5. The van der Waals surface area contributed by atoms with E-state index in [1.165, 1.54) is 12.1 Å². The lowest BCUT2D eigenvalue weighted by Gasteiger charge is -2.23. The molecule has 2 rings (SSSR count). The molecule has 0 aliphatic heterocycles. The Morgan fingerprint density at radius 2 is 2.26 bits per heavy atom. The summed E-state index contributed by atoms with van der Waals surface area (Å²) in [7, 11) is 1.73. The normalized spacial score (nSPS) is 22.5. The molecule has 1 saturated carbocycles. The van der Waals surface area contributed by atoms with E-state index in [0.717, 1.165) is 24.8 Å². The average Bonchev–Trinajstić information content (AvgIpc) is 2.78. The minimum absolute atomic E-state index is 0.0429. The monoisotopic (exact) mass is 284 g/mol. The van der Waals surface area contributed by atoms with Crippen molar-refractivity contribution in [3.8, 4) is 0 Å². The molecule has 1 aromatic rings. The Bertz CT molecular complexity index is 481. The van der Waals surface area contributed by atoms with Gasteiger partial charge in [-0.15, -0.1) is 0 Å². The first kappa shape index (κ1) is 14.3. The largest absolute Gasteiger partial charge is 0.341 e. The van der Waals surface area contributed by atoms with Gasteiger partial charge in [-0.2, -0.15) is 0 Å². The van der Waals surface area contributed by atoms with Crippen LogP contribution in [-0.2, 0) is 11.3 Å². The molecule has 1 aromatic carbocycles. The molecule has 1 aliphatic rings. The van der Waals surface area contributed by atoms with Gasteiger partial charge < -0.3 is 10.6 Å². The van der Waals surface area contributed by atoms with Gasteiger partial charge in [-0.3, -0.25) is 4.79 Å². The number of carbonyl (C=O) groups is 1. The van der Waals surface area contributed by atoms with Gasteiger partial charge in [0.25, 0.3) is 0 Å². The predicted molar refractivity (Wildman–Crippen MR) is 73.2 cm³/mol. The fraction of sp³-hybridized carbons (Fsp3) is 0.500. The zero-order chi connectivity index (χ0) is 14.0. The third-order valence-corrected chi connectivity index (χ3v) is 4.04. The molecule has 1 amide bonds. The Kier molecular flexibility index (Phi) is 4.42. The second-order valence-electron chi connectivity index (χ2n) is 5.13. The van der Waals surface area contributed by atoms with Gasteiger partial charge in [-0.05, 0) is 30.5 Å². The number of hydrogen-bond acceptors (Lipinski definition) is 2. The molecule has 1 fully saturated rings. The van der Waals surface area contributed by atoms with E-state index < -0.39 is 0 Å². The Balaban J connectivity index is 2.04. The van der Waals surface area contributed by atoms with Crippen molar-refractivity contribution in [2.24, 2.45) is 11.7 Å². The summed E-state index contributed by atoms with van der Waals surface area (Å²) in [6.07, 6.45) is 2.76. The van der Waals surface area contributed by atoms with Crippen molar-refractivity contribution in [1.29, 1.82) is 0 Å². The fourth-order valence-corrected chi connectivity index (χ4v) is 2.79. The van der Waals surface area contributed by atoms with Crippen LogP contribution in [0.2, 0.25) is 5.02 Å². The van der Waals surface area contributed by atoms with Crippen molar-refractivity contribution in [2.45, 2.75) is 31.8 Å². The van der Waals surface area contributed by atoms with Crippen molar-refractivity contribution in [2.75, 3.05) is 7.05 Å². The number of amides is 1. The molecular weight excluding hydrogens is 267 g/mol. The van der Waals surface area contributed by atoms with E-state index in [9.17, 15) is 9.18 Å². The molecule has 19 heavy (non-hydrogen) atoms. The highest BCUT2D eigenvalue weighted by Crippen LogP contribution is 2.26. The molecule has 0 bridgehead atoms. The van der Waals surface area contributed by atoms with Gasteiger partial charge >= 0.3 is 0 Å². The molecule has 0 unspecified atom stereocenters. The lowest BCUT2D eigenvalue weighted by molar-refractivity contribution is -0.134. The number of carbonyl (C=O) groups excluding carboxylic acids is 1. The highest BCUT2D eigenvalue weighted by molar-refractivity contribution is 6.31. The predicted octanol–water partition coefficient (Wildman–Crippen LogP) is 2.56. The Hall–Kier alpha value is -1.13. The van der Waals surface area contributed by atoms with Crippen molar-refractivity contribution >= 4 is 17.5 Å². The summed E-state index contributed by atoms with van der Waals surface area (Å²) >= 11 is 5.96. The third kappa shape index (κ3) is 3.25. The van der Waals surface area contributed by atoms with E-state index in [-0.39, 0.29) is 23.7 Å². The summed E-state index contributed by atoms with van der Waals surface area (Å²) in [4.78, 5) is 13.9. The van der Waals surface area contributed by atoms with Crippen molar-refractivity contribution in [3.05, 3.63) is 34.6 Å². The van der Waals surface area contributed by atoms with Crippen LogP contribution >= 0.6 is 11.6 Å². The number of benzene rings is 1. The summed E-state index contributed by atoms with van der Waals surface area (Å²) in [5, 5.41) is 0.343. The molecule has 104 valence electrons. The Labute approximate surface area is 117 Å². The lowest BCUT2D eigenvalue weighted by atomic mass is 10.0. The lowest BCUT2D eigenvalue weighted by Crippen LogP contribution is -2.39. The molecule has 0 spiro atoms. The number of hydrogen-bond donors (Lipinski definition) is 1. The van der Waals surface area contributed by atoms with Crippen LogP contribution < -0.4 is 5.73 Å². The van der Waals surface area contributed by atoms with Gasteiger partial charge in [-0.25, -0.2) is 4.39 Å². The number of rotatable bonds is 3. The first-order valence-corrected chi connectivity index (χ1v) is 6.81. The van der Waals surface area contributed by atoms with Crippen LogP contribution in [-0.4, -0.2) is 23.9 Å². The molecule has 1 aliphatic carbocycles. The summed E-state index contributed by atoms with van der Waals surface area (Å²) in [5.41, 5.74) is 6.68. The Morgan fingerprint density at radius 1 is 1.53 bits per heavy atom. The maximum atomic E-state index is 13.0. The Morgan fingerprint density at radius 3 is 2.84 bits per heavy atom. The van der Waals surface area contributed by atoms with Gasteiger partial charge in [0.1, 0.15) is 5.82 Å². The summed E-state index contributed by atoms with van der Waals surface area (Å²) in [6.45, 7) is 0.376. The minimum Gasteiger partial charge on any atom is -0.341 e. The van der Waals surface area contributed by atoms with Gasteiger partial charge in [0.2, 0.25) is 5.91 Å². The second kappa shape index (κ2) is 5.88. The molecule has 2 N–H and O–H groups in total. The summed E-state index contributed by atoms with van der Waals surface area (Å²) in [5.74, 6) is -0.421. The molecule has 0 radical (unpaired) electrons. The SMILES string of the molecule is CN(Cc1ccc(F)cc1Cl)C(=O)[C@H]1CCC[C@@H]1N. The first-order chi connectivity index (χ1) is 8.99. The third-order valence-electron chi connectivity index (χ3n) is 3.69. The van der Waals surface area contributed by atoms with Crippen molar-refractivity contribution in [1.82, 2.24) is 4.90 Å². The van der Waals surface area contributed by atoms with E-state index >= 15 is 0 Å². The first-order valence-electron chi connectivity index (χ1n) is 6.43. The fourth-order valence-electron chi connectivity index (χ4n) is 2.56. The quantitative estimate of drug-likeness (QED) is 0.927. The number of halogens is 2. The zero-order valence-corrected chi connectivity index (χ0v) is 11.7. The van der Waals surface area contributed by atoms with E-state index in [0.29, 0.717) is 11.6 Å². The molecule has 0 saturated heterocycles. The van der Waals surface area contributed by atoms with Gasteiger partial charge in [0, 0.05) is 24.7 Å². The number of nitrogens with two attached hydrogens (primary N) is 1. The van der Waals surface area contributed by atoms with E-state index in [1.807, 2.05) is 0 Å². The van der Waals surface area contributed by atoms with Crippen LogP contribution in [0, 0.1) is 11.7 Å². The van der Waals surface area contributed by atoms with Gasteiger partial charge in [-0.1, -0.05) is 24.1 Å². The van der Waals surface area contributed by atoms with Gasteiger partial charge in [0.15, 0.2) is 0 Å².